The molecule has 0 bridgehead atoms. The van der Waals surface area contributed by atoms with Crippen molar-refractivity contribution in [2.45, 2.75) is 12.8 Å². The number of hydrogen-bond donors (Lipinski definition) is 0. The average molecular weight is 366 g/mol. The zero-order valence-electron chi connectivity index (χ0n) is 9.75. The van der Waals surface area contributed by atoms with Crippen LogP contribution in [-0.4, -0.2) is 9.97 Å². The number of halogens is 4. The van der Waals surface area contributed by atoms with E-state index in [4.69, 9.17) is 27.9 Å². The Bertz CT molecular complexity index is 625. The molecule has 0 saturated heterocycles. The first-order valence-corrected chi connectivity index (χ1v) is 6.92. The van der Waals surface area contributed by atoms with Gasteiger partial charge in [0.05, 0.1) is 15.4 Å². The van der Waals surface area contributed by atoms with Crippen LogP contribution in [-0.2, 0) is 5.88 Å². The van der Waals surface area contributed by atoms with E-state index in [0.29, 0.717) is 16.0 Å². The van der Waals surface area contributed by atoms with Crippen LogP contribution in [0.15, 0.2) is 22.8 Å². The van der Waals surface area contributed by atoms with E-state index in [1.54, 1.807) is 13.1 Å². The Morgan fingerprint density at radius 2 is 2.16 bits per heavy atom. The van der Waals surface area contributed by atoms with E-state index in [9.17, 15) is 4.39 Å². The molecule has 0 atom stereocenters. The van der Waals surface area contributed by atoms with E-state index in [-0.39, 0.29) is 16.8 Å². The lowest BCUT2D eigenvalue weighted by Crippen LogP contribution is -1.98. The van der Waals surface area contributed by atoms with Crippen molar-refractivity contribution in [2.24, 2.45) is 0 Å². The number of benzene rings is 1. The van der Waals surface area contributed by atoms with Crippen molar-refractivity contribution in [3.05, 3.63) is 44.9 Å². The van der Waals surface area contributed by atoms with Gasteiger partial charge in [0, 0.05) is 23.5 Å². The van der Waals surface area contributed by atoms with Crippen LogP contribution >= 0.6 is 39.1 Å². The summed E-state index contributed by atoms with van der Waals surface area (Å²) in [6, 6.07) is 2.70. The molecule has 0 spiro atoms. The van der Waals surface area contributed by atoms with Gasteiger partial charge >= 0.3 is 6.01 Å². The molecule has 0 amide bonds. The van der Waals surface area contributed by atoms with Gasteiger partial charge in [-0.2, -0.15) is 4.98 Å². The highest BCUT2D eigenvalue weighted by Gasteiger charge is 2.11. The normalized spacial score (nSPS) is 10.6. The number of aryl methyl sites for hydroxylation is 1. The second kappa shape index (κ2) is 6.03. The van der Waals surface area contributed by atoms with Crippen molar-refractivity contribution in [3.8, 4) is 11.8 Å². The van der Waals surface area contributed by atoms with Crippen molar-refractivity contribution in [1.29, 1.82) is 0 Å². The highest BCUT2D eigenvalue weighted by molar-refractivity contribution is 9.10. The molecule has 7 heteroatoms. The number of alkyl halides is 1. The minimum Gasteiger partial charge on any atom is -0.423 e. The van der Waals surface area contributed by atoms with Gasteiger partial charge in [-0.25, -0.2) is 9.37 Å². The first-order valence-electron chi connectivity index (χ1n) is 5.22. The van der Waals surface area contributed by atoms with Gasteiger partial charge < -0.3 is 4.74 Å². The third kappa shape index (κ3) is 3.35. The molecule has 19 heavy (non-hydrogen) atoms. The number of ether oxygens (including phenoxy) is 1. The van der Waals surface area contributed by atoms with Crippen LogP contribution in [0.4, 0.5) is 4.39 Å². The van der Waals surface area contributed by atoms with Crippen LogP contribution in [0.1, 0.15) is 11.3 Å². The second-order valence-electron chi connectivity index (χ2n) is 3.70. The Labute approximate surface area is 127 Å². The van der Waals surface area contributed by atoms with Crippen LogP contribution in [0.3, 0.4) is 0 Å². The molecule has 0 aliphatic heterocycles. The monoisotopic (exact) mass is 364 g/mol. The molecule has 100 valence electrons. The summed E-state index contributed by atoms with van der Waals surface area (Å²) in [6.07, 6.45) is 1.57. The lowest BCUT2D eigenvalue weighted by Gasteiger charge is -2.08. The van der Waals surface area contributed by atoms with Gasteiger partial charge in [0.15, 0.2) is 0 Å². The van der Waals surface area contributed by atoms with Crippen molar-refractivity contribution in [3.63, 3.8) is 0 Å². The zero-order chi connectivity index (χ0) is 14.0. The van der Waals surface area contributed by atoms with E-state index in [1.807, 2.05) is 0 Å². The van der Waals surface area contributed by atoms with E-state index < -0.39 is 5.82 Å². The summed E-state index contributed by atoms with van der Waals surface area (Å²) < 4.78 is 19.3. The van der Waals surface area contributed by atoms with E-state index in [0.717, 1.165) is 5.56 Å². The van der Waals surface area contributed by atoms with Gasteiger partial charge in [0.2, 0.25) is 0 Å². The van der Waals surface area contributed by atoms with E-state index in [1.165, 1.54) is 12.1 Å². The third-order valence-electron chi connectivity index (χ3n) is 2.38. The number of rotatable bonds is 3. The van der Waals surface area contributed by atoms with Crippen LogP contribution < -0.4 is 4.74 Å². The fourth-order valence-electron chi connectivity index (χ4n) is 1.33. The molecule has 1 aromatic carbocycles. The summed E-state index contributed by atoms with van der Waals surface area (Å²) in [7, 11) is 0. The molecule has 0 unspecified atom stereocenters. The quantitative estimate of drug-likeness (QED) is 0.574. The summed E-state index contributed by atoms with van der Waals surface area (Å²) in [5.74, 6) is -0.000319. The maximum atomic E-state index is 13.4. The average Bonchev–Trinajstić information content (AvgIpc) is 2.36. The number of aromatic nitrogens is 2. The lowest BCUT2D eigenvalue weighted by atomic mass is 10.3. The van der Waals surface area contributed by atoms with Crippen molar-refractivity contribution >= 4 is 39.1 Å². The highest BCUT2D eigenvalue weighted by Crippen LogP contribution is 2.32. The number of hydrogen-bond acceptors (Lipinski definition) is 3. The van der Waals surface area contributed by atoms with Crippen LogP contribution in [0.5, 0.6) is 11.8 Å². The van der Waals surface area contributed by atoms with Gasteiger partial charge in [-0.1, -0.05) is 11.6 Å². The molecule has 0 aliphatic carbocycles. The van der Waals surface area contributed by atoms with E-state index >= 15 is 0 Å². The summed E-state index contributed by atoms with van der Waals surface area (Å²) in [4.78, 5) is 8.14. The lowest BCUT2D eigenvalue weighted by molar-refractivity contribution is 0.433. The fourth-order valence-corrected chi connectivity index (χ4v) is 2.31. The molecule has 0 aliphatic rings. The van der Waals surface area contributed by atoms with E-state index in [2.05, 4.69) is 25.9 Å². The van der Waals surface area contributed by atoms with Crippen molar-refractivity contribution < 1.29 is 9.13 Å². The first kappa shape index (κ1) is 14.5. The SMILES string of the molecule is Cc1nc(Oc2cc(F)c(Cl)cc2Br)ncc1CCl. The standard InChI is InChI=1S/C12H8BrCl2FN2O/c1-6-7(4-14)5-17-12(18-6)19-11-3-10(16)9(15)2-8(11)13/h2-3,5H,4H2,1H3. The maximum Gasteiger partial charge on any atom is 0.322 e. The topological polar surface area (TPSA) is 35.0 Å². The minimum atomic E-state index is -0.575. The zero-order valence-corrected chi connectivity index (χ0v) is 12.9. The predicted molar refractivity (Wildman–Crippen MR) is 75.5 cm³/mol. The molecule has 1 heterocycles. The fraction of sp³-hybridized carbons (Fsp3) is 0.167. The molecule has 3 nitrogen and oxygen atoms in total. The molecule has 0 radical (unpaired) electrons. The van der Waals surface area contributed by atoms with Crippen LogP contribution in [0, 0.1) is 12.7 Å². The Kier molecular flexibility index (Phi) is 4.60. The largest absolute Gasteiger partial charge is 0.423 e. The summed E-state index contributed by atoms with van der Waals surface area (Å²) >= 11 is 14.6. The second-order valence-corrected chi connectivity index (χ2v) is 5.22. The molecule has 2 aromatic rings. The molecule has 0 N–H and O–H groups in total. The smallest absolute Gasteiger partial charge is 0.322 e. The van der Waals surface area contributed by atoms with Gasteiger partial charge in [-0.05, 0) is 28.9 Å². The minimum absolute atomic E-state index is 0.00816. The maximum absolute atomic E-state index is 13.4. The molecule has 1 aromatic heterocycles. The van der Waals surface area contributed by atoms with Gasteiger partial charge in [-0.15, -0.1) is 11.6 Å². The highest BCUT2D eigenvalue weighted by atomic mass is 79.9. The van der Waals surface area contributed by atoms with Gasteiger partial charge in [0.1, 0.15) is 11.6 Å². The summed E-state index contributed by atoms with van der Waals surface area (Å²) in [5.41, 5.74) is 1.53. The Morgan fingerprint density at radius 3 is 2.79 bits per heavy atom. The predicted octanol–water partition coefficient (Wildman–Crippen LogP) is 4.87. The molecule has 0 saturated carbocycles. The third-order valence-corrected chi connectivity index (χ3v) is 3.58. The Hall–Kier alpha value is -0.910. The summed E-state index contributed by atoms with van der Waals surface area (Å²) in [6.45, 7) is 1.80. The number of nitrogens with zero attached hydrogens (tertiary/aromatic N) is 2. The molecular formula is C12H8BrCl2FN2O. The summed E-state index contributed by atoms with van der Waals surface area (Å²) in [5, 5.41) is 0.00816. The van der Waals surface area contributed by atoms with Gasteiger partial charge in [0.25, 0.3) is 0 Å². The molecule has 2 rings (SSSR count). The first-order chi connectivity index (χ1) is 9.01. The van der Waals surface area contributed by atoms with Crippen LogP contribution in [0.25, 0.3) is 0 Å². The Balaban J connectivity index is 2.31. The van der Waals surface area contributed by atoms with Crippen molar-refractivity contribution in [1.82, 2.24) is 9.97 Å². The van der Waals surface area contributed by atoms with Gasteiger partial charge in [-0.3, -0.25) is 0 Å². The van der Waals surface area contributed by atoms with Crippen molar-refractivity contribution in [2.75, 3.05) is 0 Å². The van der Waals surface area contributed by atoms with Crippen LogP contribution in [0.2, 0.25) is 5.02 Å². The molecule has 0 fully saturated rings. The molecular weight excluding hydrogens is 358 g/mol. The Morgan fingerprint density at radius 1 is 1.42 bits per heavy atom.